The Balaban J connectivity index is 2.11. The van der Waals surface area contributed by atoms with E-state index in [0.717, 1.165) is 11.3 Å². The smallest absolute Gasteiger partial charge is 0.212 e. The van der Waals surface area contributed by atoms with Crippen LogP contribution in [0.2, 0.25) is 0 Å². The van der Waals surface area contributed by atoms with E-state index < -0.39 is 10.0 Å². The van der Waals surface area contributed by atoms with Crippen LogP contribution in [0.15, 0.2) is 30.3 Å². The second-order valence-corrected chi connectivity index (χ2v) is 6.50. The van der Waals surface area contributed by atoms with Crippen LogP contribution in [0, 0.1) is 0 Å². The van der Waals surface area contributed by atoms with Crippen molar-refractivity contribution in [1.82, 2.24) is 4.31 Å². The van der Waals surface area contributed by atoms with Gasteiger partial charge in [0.15, 0.2) is 0 Å². The second-order valence-electron chi connectivity index (χ2n) is 3.45. The van der Waals surface area contributed by atoms with Gasteiger partial charge in [-0.25, -0.2) is 8.42 Å². The van der Waals surface area contributed by atoms with Crippen molar-refractivity contribution in [3.05, 3.63) is 35.9 Å². The molecule has 1 fully saturated rings. The molecule has 1 aliphatic rings. The number of benzene rings is 1. The minimum atomic E-state index is -3.10. The second kappa shape index (κ2) is 4.55. The molecule has 3 nitrogen and oxygen atoms in total. The molecule has 0 saturated carbocycles. The van der Waals surface area contributed by atoms with Gasteiger partial charge in [0.25, 0.3) is 0 Å². The molecule has 0 spiro atoms. The lowest BCUT2D eigenvalue weighted by molar-refractivity contribution is 0.488. The molecule has 0 atom stereocenters. The van der Waals surface area contributed by atoms with Crippen molar-refractivity contribution in [2.45, 2.75) is 5.75 Å². The van der Waals surface area contributed by atoms with E-state index in [1.165, 1.54) is 0 Å². The number of sulfonamides is 1. The predicted octanol–water partition coefficient (Wildman–Crippen LogP) is 1.52. The average molecular weight is 243 g/mol. The Hall–Kier alpha value is -0.520. The molecule has 0 N–H and O–H groups in total. The monoisotopic (exact) mass is 243 g/mol. The van der Waals surface area contributed by atoms with E-state index in [9.17, 15) is 8.42 Å². The van der Waals surface area contributed by atoms with Crippen LogP contribution < -0.4 is 0 Å². The molecule has 0 bridgehead atoms. The standard InChI is InChI=1S/C10H13NO2S2/c12-15(13,11-6-7-14-9-11)8-10-4-2-1-3-5-10/h1-5H,6-9H2. The molecule has 5 heteroatoms. The van der Waals surface area contributed by atoms with Crippen LogP contribution in [0.4, 0.5) is 0 Å². The highest BCUT2D eigenvalue weighted by Gasteiger charge is 2.25. The lowest BCUT2D eigenvalue weighted by Crippen LogP contribution is -2.29. The first-order valence-corrected chi connectivity index (χ1v) is 7.54. The van der Waals surface area contributed by atoms with Gasteiger partial charge in [-0.1, -0.05) is 30.3 Å². The summed E-state index contributed by atoms with van der Waals surface area (Å²) in [5.41, 5.74) is 0.856. The lowest BCUT2D eigenvalue weighted by atomic mass is 10.2. The molecule has 0 radical (unpaired) electrons. The van der Waals surface area contributed by atoms with Crippen molar-refractivity contribution < 1.29 is 8.42 Å². The molecule has 0 unspecified atom stereocenters. The molecular weight excluding hydrogens is 230 g/mol. The van der Waals surface area contributed by atoms with Crippen molar-refractivity contribution in [2.24, 2.45) is 0 Å². The van der Waals surface area contributed by atoms with E-state index >= 15 is 0 Å². The molecule has 1 saturated heterocycles. The Morgan fingerprint density at radius 1 is 1.27 bits per heavy atom. The number of hydrogen-bond acceptors (Lipinski definition) is 3. The number of nitrogens with zero attached hydrogens (tertiary/aromatic N) is 1. The van der Waals surface area contributed by atoms with E-state index in [0.29, 0.717) is 12.4 Å². The zero-order valence-electron chi connectivity index (χ0n) is 8.30. The molecule has 82 valence electrons. The van der Waals surface area contributed by atoms with Gasteiger partial charge in [-0.05, 0) is 5.56 Å². The largest absolute Gasteiger partial charge is 0.219 e. The summed E-state index contributed by atoms with van der Waals surface area (Å²) in [7, 11) is -3.10. The molecule has 2 rings (SSSR count). The Kier molecular flexibility index (Phi) is 3.33. The Morgan fingerprint density at radius 2 is 2.00 bits per heavy atom. The maximum atomic E-state index is 11.9. The molecule has 0 aromatic heterocycles. The maximum absolute atomic E-state index is 11.9. The van der Waals surface area contributed by atoms with Gasteiger partial charge in [-0.3, -0.25) is 0 Å². The highest BCUT2D eigenvalue weighted by molar-refractivity contribution is 8.00. The zero-order valence-corrected chi connectivity index (χ0v) is 9.93. The van der Waals surface area contributed by atoms with Crippen molar-refractivity contribution in [3.63, 3.8) is 0 Å². The minimum Gasteiger partial charge on any atom is -0.212 e. The molecule has 15 heavy (non-hydrogen) atoms. The molecule has 1 aromatic carbocycles. The first-order valence-electron chi connectivity index (χ1n) is 4.78. The van der Waals surface area contributed by atoms with Crippen LogP contribution >= 0.6 is 11.8 Å². The summed E-state index contributed by atoms with van der Waals surface area (Å²) in [6.07, 6.45) is 0. The summed E-state index contributed by atoms with van der Waals surface area (Å²) >= 11 is 1.67. The SMILES string of the molecule is O=S(=O)(Cc1ccccc1)N1CCSC1. The van der Waals surface area contributed by atoms with E-state index in [-0.39, 0.29) is 5.75 Å². The van der Waals surface area contributed by atoms with Gasteiger partial charge in [0.1, 0.15) is 0 Å². The van der Waals surface area contributed by atoms with E-state index in [1.54, 1.807) is 16.1 Å². The first kappa shape index (κ1) is 11.0. The third-order valence-electron chi connectivity index (χ3n) is 2.31. The molecule has 1 aromatic rings. The Labute approximate surface area is 94.5 Å². The van der Waals surface area contributed by atoms with Gasteiger partial charge in [0.2, 0.25) is 10.0 Å². The summed E-state index contributed by atoms with van der Waals surface area (Å²) < 4.78 is 25.4. The topological polar surface area (TPSA) is 37.4 Å². The normalized spacial score (nSPS) is 18.1. The summed E-state index contributed by atoms with van der Waals surface area (Å²) in [6.45, 7) is 0.653. The molecule has 1 aliphatic heterocycles. The molecule has 0 amide bonds. The van der Waals surface area contributed by atoms with E-state index in [1.807, 2.05) is 30.3 Å². The maximum Gasteiger partial charge on any atom is 0.219 e. The van der Waals surface area contributed by atoms with Crippen molar-refractivity contribution >= 4 is 21.8 Å². The van der Waals surface area contributed by atoms with Crippen LogP contribution in [0.5, 0.6) is 0 Å². The molecular formula is C10H13NO2S2. The third kappa shape index (κ3) is 2.74. The third-order valence-corrected chi connectivity index (χ3v) is 5.23. The van der Waals surface area contributed by atoms with Crippen LogP contribution in [0.1, 0.15) is 5.56 Å². The van der Waals surface area contributed by atoms with Gasteiger partial charge < -0.3 is 0 Å². The van der Waals surface area contributed by atoms with Crippen molar-refractivity contribution in [3.8, 4) is 0 Å². The predicted molar refractivity (Wildman–Crippen MR) is 63.1 cm³/mol. The highest BCUT2D eigenvalue weighted by Crippen LogP contribution is 2.19. The summed E-state index contributed by atoms with van der Waals surface area (Å²) in [5.74, 6) is 1.64. The van der Waals surface area contributed by atoms with Gasteiger partial charge in [0.05, 0.1) is 11.6 Å². The first-order chi connectivity index (χ1) is 7.18. The number of rotatable bonds is 3. The Bertz CT molecular complexity index is 410. The van der Waals surface area contributed by atoms with Gasteiger partial charge >= 0.3 is 0 Å². The van der Waals surface area contributed by atoms with Crippen LogP contribution in [0.25, 0.3) is 0 Å². The van der Waals surface area contributed by atoms with Gasteiger partial charge in [0, 0.05) is 12.3 Å². The van der Waals surface area contributed by atoms with Crippen molar-refractivity contribution in [2.75, 3.05) is 18.2 Å². The summed E-state index contributed by atoms with van der Waals surface area (Å²) in [5, 5.41) is 0. The minimum absolute atomic E-state index is 0.119. The van der Waals surface area contributed by atoms with E-state index in [4.69, 9.17) is 0 Å². The zero-order chi connectivity index (χ0) is 10.7. The highest BCUT2D eigenvalue weighted by atomic mass is 32.2. The molecule has 1 heterocycles. The summed E-state index contributed by atoms with van der Waals surface area (Å²) in [6, 6.07) is 9.32. The van der Waals surface area contributed by atoms with Crippen molar-refractivity contribution in [1.29, 1.82) is 0 Å². The van der Waals surface area contributed by atoms with Gasteiger partial charge in [-0.15, -0.1) is 11.8 Å². The quantitative estimate of drug-likeness (QED) is 0.808. The van der Waals surface area contributed by atoms with E-state index in [2.05, 4.69) is 0 Å². The average Bonchev–Trinajstić information content (AvgIpc) is 2.71. The lowest BCUT2D eigenvalue weighted by Gasteiger charge is -2.14. The van der Waals surface area contributed by atoms with Crippen LogP contribution in [-0.2, 0) is 15.8 Å². The fourth-order valence-corrected chi connectivity index (χ4v) is 4.45. The number of hydrogen-bond donors (Lipinski definition) is 0. The van der Waals surface area contributed by atoms with Crippen LogP contribution in [0.3, 0.4) is 0 Å². The summed E-state index contributed by atoms with van der Waals surface area (Å²) in [4.78, 5) is 0. The fourth-order valence-electron chi connectivity index (χ4n) is 1.49. The number of thioether (sulfide) groups is 1. The fraction of sp³-hybridized carbons (Fsp3) is 0.400. The van der Waals surface area contributed by atoms with Gasteiger partial charge in [-0.2, -0.15) is 4.31 Å². The Morgan fingerprint density at radius 3 is 2.60 bits per heavy atom. The van der Waals surface area contributed by atoms with Crippen LogP contribution in [-0.4, -0.2) is 30.9 Å². The molecule has 0 aliphatic carbocycles.